The van der Waals surface area contributed by atoms with Crippen molar-refractivity contribution in [3.8, 4) is 11.5 Å². The van der Waals surface area contributed by atoms with Gasteiger partial charge in [-0.1, -0.05) is 12.1 Å². The third-order valence-corrected chi connectivity index (χ3v) is 4.48. The Morgan fingerprint density at radius 3 is 2.63 bits per heavy atom. The largest absolute Gasteiger partial charge is 0.493 e. The number of nitro benzene ring substituents is 1. The predicted molar refractivity (Wildman–Crippen MR) is 101 cm³/mol. The maximum atomic E-state index is 12.5. The first kappa shape index (κ1) is 20.1. The molecule has 2 aromatic rings. The number of nitrogens with zero attached hydrogens (tertiary/aromatic N) is 2. The van der Waals surface area contributed by atoms with Crippen LogP contribution in [0.1, 0.15) is 5.56 Å². The lowest BCUT2D eigenvalue weighted by Gasteiger charge is -2.11. The second-order valence-electron chi connectivity index (χ2n) is 4.91. The highest BCUT2D eigenvalue weighted by molar-refractivity contribution is 7.87. The first-order valence-electron chi connectivity index (χ1n) is 7.19. The highest BCUT2D eigenvalue weighted by Crippen LogP contribution is 2.32. The van der Waals surface area contributed by atoms with Crippen LogP contribution in [0.25, 0.3) is 0 Å². The fourth-order valence-corrected chi connectivity index (χ4v) is 3.14. The molecule has 0 fully saturated rings. The van der Waals surface area contributed by atoms with Crippen molar-refractivity contribution < 1.29 is 22.3 Å². The fourth-order valence-electron chi connectivity index (χ4n) is 1.99. The van der Waals surface area contributed by atoms with Crippen LogP contribution in [0.4, 0.5) is 5.69 Å². The number of ether oxygens (including phenoxy) is 1. The molecule has 2 aromatic carbocycles. The van der Waals surface area contributed by atoms with Crippen LogP contribution in [0.5, 0.6) is 11.5 Å². The van der Waals surface area contributed by atoms with E-state index in [1.165, 1.54) is 37.6 Å². The van der Waals surface area contributed by atoms with E-state index in [1.807, 2.05) is 0 Å². The van der Waals surface area contributed by atoms with Crippen molar-refractivity contribution >= 4 is 39.4 Å². The van der Waals surface area contributed by atoms with Crippen molar-refractivity contribution in [1.82, 2.24) is 5.43 Å². The number of rotatable bonds is 7. The fraction of sp³-hybridized carbons (Fsp3) is 0.0667. The molecule has 0 saturated heterocycles. The number of nitrogens with two attached hydrogens (primary N) is 1. The van der Waals surface area contributed by atoms with Crippen LogP contribution in [0.15, 0.2) is 52.5 Å². The maximum absolute atomic E-state index is 12.5. The Hall–Kier alpha value is -3.25. The minimum absolute atomic E-state index is 0.0461. The summed E-state index contributed by atoms with van der Waals surface area (Å²) in [5, 5.41) is 14.8. The zero-order valence-corrected chi connectivity index (χ0v) is 15.5. The number of methoxy groups -OCH3 is 1. The SMILES string of the molecule is COc1ccc(/C=N\NC(N)=S)cc1OS(=O)(=O)c1ccccc1[N+](=O)[O-]. The lowest BCUT2D eigenvalue weighted by Crippen LogP contribution is -2.23. The van der Waals surface area contributed by atoms with Crippen LogP contribution in [0.3, 0.4) is 0 Å². The van der Waals surface area contributed by atoms with Crippen LogP contribution in [0, 0.1) is 10.1 Å². The van der Waals surface area contributed by atoms with Crippen molar-refractivity contribution in [1.29, 1.82) is 0 Å². The molecule has 0 aromatic heterocycles. The van der Waals surface area contributed by atoms with Crippen molar-refractivity contribution in [2.75, 3.05) is 7.11 Å². The minimum atomic E-state index is -4.49. The van der Waals surface area contributed by atoms with Gasteiger partial charge in [0.15, 0.2) is 21.5 Å². The summed E-state index contributed by atoms with van der Waals surface area (Å²) in [6.07, 6.45) is 1.32. The highest BCUT2D eigenvalue weighted by atomic mass is 32.2. The minimum Gasteiger partial charge on any atom is -0.493 e. The topological polar surface area (TPSA) is 146 Å². The van der Waals surface area contributed by atoms with Crippen LogP contribution in [0.2, 0.25) is 0 Å². The first-order chi connectivity index (χ1) is 12.7. The predicted octanol–water partition coefficient (Wildman–Crippen LogP) is 1.54. The van der Waals surface area contributed by atoms with Crippen LogP contribution >= 0.6 is 12.2 Å². The molecule has 10 nitrogen and oxygen atoms in total. The Labute approximate surface area is 159 Å². The second kappa shape index (κ2) is 8.42. The van der Waals surface area contributed by atoms with Gasteiger partial charge in [-0.05, 0) is 42.0 Å². The Morgan fingerprint density at radius 2 is 2.00 bits per heavy atom. The Morgan fingerprint density at radius 1 is 1.30 bits per heavy atom. The van der Waals surface area contributed by atoms with Gasteiger partial charge in [-0.15, -0.1) is 0 Å². The van der Waals surface area contributed by atoms with Gasteiger partial charge in [0.05, 0.1) is 18.2 Å². The van der Waals surface area contributed by atoms with Gasteiger partial charge in [0.25, 0.3) is 5.69 Å². The summed E-state index contributed by atoms with van der Waals surface area (Å²) >= 11 is 4.61. The van der Waals surface area contributed by atoms with E-state index >= 15 is 0 Å². The number of hydrazone groups is 1. The molecule has 0 spiro atoms. The van der Waals surface area contributed by atoms with Gasteiger partial charge >= 0.3 is 10.1 Å². The standard InChI is InChI=1S/C15H14N4O6S2/c1-24-12-7-6-10(9-17-18-15(16)26)8-13(12)25-27(22,23)14-5-3-2-4-11(14)19(20)21/h2-9H,1H3,(H3,16,18,26)/b17-9-. The molecule has 0 bridgehead atoms. The van der Waals surface area contributed by atoms with Crippen LogP contribution < -0.4 is 20.1 Å². The van der Waals surface area contributed by atoms with Gasteiger partial charge in [-0.3, -0.25) is 15.5 Å². The van der Waals surface area contributed by atoms with E-state index in [0.717, 1.165) is 12.1 Å². The van der Waals surface area contributed by atoms with Crippen molar-refractivity contribution in [2.45, 2.75) is 4.90 Å². The number of para-hydroxylation sites is 1. The molecule has 12 heteroatoms. The van der Waals surface area contributed by atoms with E-state index in [-0.39, 0.29) is 16.6 Å². The zero-order valence-electron chi connectivity index (χ0n) is 13.9. The normalized spacial score (nSPS) is 11.1. The third-order valence-electron chi connectivity index (χ3n) is 3.11. The van der Waals surface area contributed by atoms with Gasteiger partial charge in [0.2, 0.25) is 0 Å². The Bertz CT molecular complexity index is 1010. The molecule has 0 amide bonds. The molecule has 2 rings (SSSR count). The van der Waals surface area contributed by atoms with Crippen molar-refractivity contribution in [3.63, 3.8) is 0 Å². The summed E-state index contributed by atoms with van der Waals surface area (Å²) < 4.78 is 35.3. The van der Waals surface area contributed by atoms with Gasteiger partial charge < -0.3 is 14.7 Å². The Kier molecular flexibility index (Phi) is 6.26. The molecular formula is C15H14N4O6S2. The van der Waals surface area contributed by atoms with Gasteiger partial charge in [-0.25, -0.2) is 0 Å². The van der Waals surface area contributed by atoms with E-state index in [0.29, 0.717) is 5.56 Å². The average molecular weight is 410 g/mol. The Balaban J connectivity index is 2.41. The number of nitro groups is 1. The van der Waals surface area contributed by atoms with E-state index in [9.17, 15) is 18.5 Å². The third kappa shape index (κ3) is 5.12. The monoisotopic (exact) mass is 410 g/mol. The average Bonchev–Trinajstić information content (AvgIpc) is 2.61. The summed E-state index contributed by atoms with van der Waals surface area (Å²) in [5.74, 6) is -0.0634. The van der Waals surface area contributed by atoms with Gasteiger partial charge in [0, 0.05) is 6.07 Å². The van der Waals surface area contributed by atoms with E-state index in [4.69, 9.17) is 14.7 Å². The molecule has 0 radical (unpaired) electrons. The van der Waals surface area contributed by atoms with Crippen LogP contribution in [-0.2, 0) is 10.1 Å². The van der Waals surface area contributed by atoms with E-state index < -0.39 is 25.6 Å². The maximum Gasteiger partial charge on any atom is 0.346 e. The molecule has 0 aliphatic rings. The number of hydrogen-bond donors (Lipinski definition) is 2. The van der Waals surface area contributed by atoms with E-state index in [2.05, 4.69) is 22.7 Å². The summed E-state index contributed by atoms with van der Waals surface area (Å²) in [6.45, 7) is 0. The number of thiocarbonyl (C=S) groups is 1. The molecular weight excluding hydrogens is 396 g/mol. The summed E-state index contributed by atoms with van der Waals surface area (Å²) in [7, 11) is -3.17. The van der Waals surface area contributed by atoms with Gasteiger partial charge in [0.1, 0.15) is 0 Å². The smallest absolute Gasteiger partial charge is 0.346 e. The second-order valence-corrected chi connectivity index (χ2v) is 6.86. The van der Waals surface area contributed by atoms with Crippen molar-refractivity contribution in [2.24, 2.45) is 10.8 Å². The molecule has 27 heavy (non-hydrogen) atoms. The molecule has 0 atom stereocenters. The molecule has 0 heterocycles. The molecule has 142 valence electrons. The summed E-state index contributed by atoms with van der Waals surface area (Å²) in [5.41, 5.74) is 7.43. The number of hydrogen-bond acceptors (Lipinski definition) is 8. The summed E-state index contributed by atoms with van der Waals surface area (Å²) in [6, 6.07) is 9.21. The molecule has 0 saturated carbocycles. The first-order valence-corrected chi connectivity index (χ1v) is 9.00. The molecule has 3 N–H and O–H groups in total. The quantitative estimate of drug-likeness (QED) is 0.228. The van der Waals surface area contributed by atoms with Crippen molar-refractivity contribution in [3.05, 3.63) is 58.1 Å². The number of nitrogens with one attached hydrogen (secondary N) is 1. The zero-order chi connectivity index (χ0) is 20.0. The molecule has 0 aliphatic heterocycles. The number of benzene rings is 2. The lowest BCUT2D eigenvalue weighted by atomic mass is 10.2. The molecule has 0 unspecified atom stereocenters. The highest BCUT2D eigenvalue weighted by Gasteiger charge is 2.28. The van der Waals surface area contributed by atoms with Crippen LogP contribution in [-0.4, -0.2) is 31.8 Å². The summed E-state index contributed by atoms with van der Waals surface area (Å²) in [4.78, 5) is 9.70. The molecule has 0 aliphatic carbocycles. The van der Waals surface area contributed by atoms with Gasteiger partial charge in [-0.2, -0.15) is 13.5 Å². The lowest BCUT2D eigenvalue weighted by molar-refractivity contribution is -0.387. The van der Waals surface area contributed by atoms with E-state index in [1.54, 1.807) is 6.07 Å².